The Kier molecular flexibility index (Phi) is 5.13. The molecule has 0 unspecified atom stereocenters. The summed E-state index contributed by atoms with van der Waals surface area (Å²) in [7, 11) is 0. The number of nitrogens with two attached hydrogens (primary N) is 1. The number of hydrogen-bond donors (Lipinski definition) is 4. The van der Waals surface area contributed by atoms with Gasteiger partial charge in [-0.2, -0.15) is 0 Å². The number of primary amides is 1. The van der Waals surface area contributed by atoms with Gasteiger partial charge in [0.2, 0.25) is 5.91 Å². The smallest absolute Gasteiger partial charge is 0.314 e. The highest BCUT2D eigenvalue weighted by molar-refractivity contribution is 5.82. The molecule has 0 saturated carbocycles. The van der Waals surface area contributed by atoms with Gasteiger partial charge >= 0.3 is 12.0 Å². The van der Waals surface area contributed by atoms with Crippen molar-refractivity contribution in [1.82, 2.24) is 10.6 Å². The maximum absolute atomic E-state index is 11.4. The fourth-order valence-corrected chi connectivity index (χ4v) is 0.828. The number of carboxylic acids is 1. The van der Waals surface area contributed by atoms with E-state index in [9.17, 15) is 14.4 Å². The zero-order valence-corrected chi connectivity index (χ0v) is 11.2. The Bertz CT molecular complexity index is 318. The van der Waals surface area contributed by atoms with Crippen LogP contribution in [0.15, 0.2) is 0 Å². The Morgan fingerprint density at radius 1 is 1.00 bits per heavy atom. The third kappa shape index (κ3) is 5.03. The van der Waals surface area contributed by atoms with E-state index in [0.717, 1.165) is 0 Å². The number of aliphatic carboxylic acids is 1. The average molecular weight is 259 g/mol. The van der Waals surface area contributed by atoms with Gasteiger partial charge in [0, 0.05) is 13.1 Å². The second-order valence-electron chi connectivity index (χ2n) is 5.47. The van der Waals surface area contributed by atoms with E-state index in [2.05, 4.69) is 10.6 Å². The van der Waals surface area contributed by atoms with E-state index < -0.39 is 28.7 Å². The number of nitrogens with one attached hydrogen (secondary N) is 2. The average Bonchev–Trinajstić information content (AvgIpc) is 2.23. The van der Waals surface area contributed by atoms with Crippen molar-refractivity contribution in [2.45, 2.75) is 27.7 Å². The molecule has 0 saturated heterocycles. The van der Waals surface area contributed by atoms with Crippen molar-refractivity contribution in [2.75, 3.05) is 13.1 Å². The molecule has 0 aromatic rings. The summed E-state index contributed by atoms with van der Waals surface area (Å²) in [5.41, 5.74) is 3.26. The van der Waals surface area contributed by atoms with Gasteiger partial charge in [-0.1, -0.05) is 0 Å². The number of hydrogen-bond acceptors (Lipinski definition) is 3. The predicted octanol–water partition coefficient (Wildman–Crippen LogP) is -0.0921. The van der Waals surface area contributed by atoms with E-state index in [0.29, 0.717) is 0 Å². The van der Waals surface area contributed by atoms with Crippen LogP contribution in [0, 0.1) is 10.8 Å². The third-order valence-electron chi connectivity index (χ3n) is 2.63. The van der Waals surface area contributed by atoms with Gasteiger partial charge in [0.25, 0.3) is 0 Å². The van der Waals surface area contributed by atoms with Crippen molar-refractivity contribution < 1.29 is 19.5 Å². The lowest BCUT2D eigenvalue weighted by molar-refractivity contribution is -0.146. The van der Waals surface area contributed by atoms with Crippen molar-refractivity contribution in [1.29, 1.82) is 0 Å². The van der Waals surface area contributed by atoms with Gasteiger partial charge in [0.15, 0.2) is 0 Å². The molecule has 0 rings (SSSR count). The summed E-state index contributed by atoms with van der Waals surface area (Å²) in [5, 5.41) is 13.8. The van der Waals surface area contributed by atoms with Crippen LogP contribution in [0.3, 0.4) is 0 Å². The van der Waals surface area contributed by atoms with Crippen LogP contribution in [0.5, 0.6) is 0 Å². The van der Waals surface area contributed by atoms with Gasteiger partial charge in [-0.15, -0.1) is 0 Å². The SMILES string of the molecule is CC(C)(CNC(=O)NCC(C)(C)C(=O)O)C(N)=O. The van der Waals surface area contributed by atoms with Crippen molar-refractivity contribution >= 4 is 17.9 Å². The molecule has 5 N–H and O–H groups in total. The molecule has 0 aliphatic heterocycles. The highest BCUT2D eigenvalue weighted by Gasteiger charge is 2.28. The van der Waals surface area contributed by atoms with Gasteiger partial charge in [-0.05, 0) is 27.7 Å². The van der Waals surface area contributed by atoms with E-state index in [1.807, 2.05) is 0 Å². The first-order valence-corrected chi connectivity index (χ1v) is 5.54. The van der Waals surface area contributed by atoms with Crippen molar-refractivity contribution in [3.63, 3.8) is 0 Å². The maximum Gasteiger partial charge on any atom is 0.314 e. The monoisotopic (exact) mass is 259 g/mol. The summed E-state index contributed by atoms with van der Waals surface area (Å²) in [4.78, 5) is 33.2. The first kappa shape index (κ1) is 16.2. The molecule has 0 aliphatic rings. The molecule has 0 spiro atoms. The molecule has 0 fully saturated rings. The summed E-state index contributed by atoms with van der Waals surface area (Å²) in [5.74, 6) is -1.52. The van der Waals surface area contributed by atoms with Crippen LogP contribution in [0.25, 0.3) is 0 Å². The summed E-state index contributed by atoms with van der Waals surface area (Å²) in [6, 6.07) is -0.529. The van der Waals surface area contributed by atoms with Gasteiger partial charge in [0.05, 0.1) is 10.8 Å². The number of carbonyl (C=O) groups excluding carboxylic acids is 2. The van der Waals surface area contributed by atoms with Crippen LogP contribution in [0.4, 0.5) is 4.79 Å². The normalized spacial score (nSPS) is 11.8. The molecule has 104 valence electrons. The Labute approximate surface area is 106 Å². The molecule has 0 bridgehead atoms. The zero-order chi connectivity index (χ0) is 14.6. The minimum Gasteiger partial charge on any atom is -0.481 e. The van der Waals surface area contributed by atoms with E-state index in [1.165, 1.54) is 13.8 Å². The number of urea groups is 1. The lowest BCUT2D eigenvalue weighted by atomic mass is 9.93. The third-order valence-corrected chi connectivity index (χ3v) is 2.63. The molecule has 18 heavy (non-hydrogen) atoms. The molecule has 0 atom stereocenters. The first-order valence-electron chi connectivity index (χ1n) is 5.54. The minimum absolute atomic E-state index is 0.00876. The van der Waals surface area contributed by atoms with Crippen LogP contribution in [0.1, 0.15) is 27.7 Å². The van der Waals surface area contributed by atoms with Crippen molar-refractivity contribution in [3.05, 3.63) is 0 Å². The van der Waals surface area contributed by atoms with Gasteiger partial charge in [-0.3, -0.25) is 9.59 Å². The summed E-state index contributed by atoms with van der Waals surface area (Å²) < 4.78 is 0. The largest absolute Gasteiger partial charge is 0.481 e. The van der Waals surface area contributed by atoms with Crippen LogP contribution < -0.4 is 16.4 Å². The Hall–Kier alpha value is -1.79. The molecule has 0 radical (unpaired) electrons. The molecule has 7 heteroatoms. The van der Waals surface area contributed by atoms with Crippen molar-refractivity contribution in [2.24, 2.45) is 16.6 Å². The molecule has 0 aliphatic carbocycles. The maximum atomic E-state index is 11.4. The van der Waals surface area contributed by atoms with E-state index in [1.54, 1.807) is 13.8 Å². The fourth-order valence-electron chi connectivity index (χ4n) is 0.828. The lowest BCUT2D eigenvalue weighted by Crippen LogP contribution is -2.48. The lowest BCUT2D eigenvalue weighted by Gasteiger charge is -2.23. The number of carboxylic acid groups (broad SMARTS) is 1. The topological polar surface area (TPSA) is 122 Å². The second-order valence-corrected chi connectivity index (χ2v) is 5.47. The van der Waals surface area contributed by atoms with Crippen LogP contribution in [-0.4, -0.2) is 36.1 Å². The van der Waals surface area contributed by atoms with Crippen LogP contribution in [0.2, 0.25) is 0 Å². The zero-order valence-electron chi connectivity index (χ0n) is 11.2. The number of carbonyl (C=O) groups is 3. The van der Waals surface area contributed by atoms with Gasteiger partial charge in [0.1, 0.15) is 0 Å². The molecule has 3 amide bonds. The minimum atomic E-state index is -1.05. The molecule has 0 aromatic heterocycles. The fraction of sp³-hybridized carbons (Fsp3) is 0.727. The predicted molar refractivity (Wildman–Crippen MR) is 65.8 cm³/mol. The Balaban J connectivity index is 4.16. The Morgan fingerprint density at radius 3 is 1.72 bits per heavy atom. The summed E-state index contributed by atoms with van der Waals surface area (Å²) in [6.45, 7) is 6.30. The molecular weight excluding hydrogens is 238 g/mol. The number of amides is 3. The standard InChI is InChI=1S/C11H21N3O4/c1-10(2,7(12)15)5-13-9(18)14-6-11(3,4)8(16)17/h5-6H2,1-4H3,(H2,12,15)(H,16,17)(H2,13,14,18). The highest BCUT2D eigenvalue weighted by Crippen LogP contribution is 2.13. The van der Waals surface area contributed by atoms with Crippen molar-refractivity contribution in [3.8, 4) is 0 Å². The van der Waals surface area contributed by atoms with Gasteiger partial charge in [-0.25, -0.2) is 4.79 Å². The summed E-state index contributed by atoms with van der Waals surface area (Å²) in [6.07, 6.45) is 0. The van der Waals surface area contributed by atoms with E-state index in [-0.39, 0.29) is 13.1 Å². The highest BCUT2D eigenvalue weighted by atomic mass is 16.4. The quantitative estimate of drug-likeness (QED) is 0.532. The van der Waals surface area contributed by atoms with E-state index in [4.69, 9.17) is 10.8 Å². The molecule has 0 heterocycles. The second kappa shape index (κ2) is 5.70. The molecule has 7 nitrogen and oxygen atoms in total. The number of rotatable bonds is 6. The van der Waals surface area contributed by atoms with Crippen LogP contribution >= 0.6 is 0 Å². The Morgan fingerprint density at radius 2 is 1.39 bits per heavy atom. The molecular formula is C11H21N3O4. The van der Waals surface area contributed by atoms with Crippen LogP contribution in [-0.2, 0) is 9.59 Å². The molecule has 0 aromatic carbocycles. The first-order chi connectivity index (χ1) is 7.99. The van der Waals surface area contributed by atoms with Gasteiger partial charge < -0.3 is 21.5 Å². The van der Waals surface area contributed by atoms with E-state index >= 15 is 0 Å². The summed E-state index contributed by atoms with van der Waals surface area (Å²) >= 11 is 0.